The maximum absolute atomic E-state index is 12.9. The van der Waals surface area contributed by atoms with Gasteiger partial charge in [0.2, 0.25) is 0 Å². The Bertz CT molecular complexity index is 1330. The number of hydrogen-bond acceptors (Lipinski definition) is 6. The molecule has 30 heavy (non-hydrogen) atoms. The highest BCUT2D eigenvalue weighted by molar-refractivity contribution is 7.92. The molecule has 9 heteroatoms. The Labute approximate surface area is 178 Å². The first-order valence-corrected chi connectivity index (χ1v) is 10.8. The highest BCUT2D eigenvalue weighted by atomic mass is 35.5. The number of halogens is 1. The number of nitrogens with one attached hydrogen (secondary N) is 2. The van der Waals surface area contributed by atoms with E-state index in [0.717, 1.165) is 0 Å². The van der Waals surface area contributed by atoms with Crippen LogP contribution in [0.1, 0.15) is 0 Å². The smallest absolute Gasteiger partial charge is 0.263 e. The Balaban J connectivity index is 1.80. The van der Waals surface area contributed by atoms with E-state index in [2.05, 4.69) is 20.0 Å². The highest BCUT2D eigenvalue weighted by Gasteiger charge is 2.20. The van der Waals surface area contributed by atoms with Gasteiger partial charge in [-0.15, -0.1) is 0 Å². The van der Waals surface area contributed by atoms with Crippen LogP contribution in [0.2, 0.25) is 5.02 Å². The average molecular weight is 441 g/mol. The summed E-state index contributed by atoms with van der Waals surface area (Å²) in [5.74, 6) is 0.875. The van der Waals surface area contributed by atoms with Gasteiger partial charge in [0, 0.05) is 5.02 Å². The fourth-order valence-electron chi connectivity index (χ4n) is 2.85. The molecule has 1 aromatic heterocycles. The lowest BCUT2D eigenvalue weighted by Gasteiger charge is -2.15. The van der Waals surface area contributed by atoms with Crippen molar-refractivity contribution in [3.05, 3.63) is 77.8 Å². The van der Waals surface area contributed by atoms with Gasteiger partial charge in [-0.2, -0.15) is 0 Å². The minimum atomic E-state index is -3.94. The molecule has 0 aliphatic heterocycles. The number of rotatable bonds is 6. The Kier molecular flexibility index (Phi) is 5.43. The fraction of sp³-hybridized carbons (Fsp3) is 0.0476. The molecule has 1 heterocycles. The molecule has 2 N–H and O–H groups in total. The van der Waals surface area contributed by atoms with Crippen molar-refractivity contribution >= 4 is 50.0 Å². The van der Waals surface area contributed by atoms with Crippen molar-refractivity contribution in [1.29, 1.82) is 0 Å². The van der Waals surface area contributed by atoms with E-state index in [-0.39, 0.29) is 16.5 Å². The van der Waals surface area contributed by atoms with E-state index in [4.69, 9.17) is 16.3 Å². The minimum Gasteiger partial charge on any atom is -0.495 e. The molecule has 0 saturated carbocycles. The Morgan fingerprint density at radius 3 is 2.23 bits per heavy atom. The third kappa shape index (κ3) is 4.14. The van der Waals surface area contributed by atoms with E-state index in [9.17, 15) is 8.42 Å². The molecule has 0 aliphatic rings. The molecule has 152 valence electrons. The summed E-state index contributed by atoms with van der Waals surface area (Å²) in [7, 11) is -2.39. The van der Waals surface area contributed by atoms with Crippen LogP contribution in [0.3, 0.4) is 0 Å². The van der Waals surface area contributed by atoms with Gasteiger partial charge in [0.1, 0.15) is 5.75 Å². The van der Waals surface area contributed by atoms with E-state index < -0.39 is 10.0 Å². The van der Waals surface area contributed by atoms with Crippen molar-refractivity contribution in [3.63, 3.8) is 0 Å². The van der Waals surface area contributed by atoms with E-state index in [0.29, 0.717) is 27.5 Å². The number of benzene rings is 3. The van der Waals surface area contributed by atoms with E-state index >= 15 is 0 Å². The zero-order valence-electron chi connectivity index (χ0n) is 15.8. The van der Waals surface area contributed by atoms with Crippen molar-refractivity contribution in [2.24, 2.45) is 0 Å². The number of ether oxygens (including phenoxy) is 1. The van der Waals surface area contributed by atoms with Gasteiger partial charge in [0.25, 0.3) is 10.0 Å². The molecule has 0 saturated heterocycles. The standard InChI is InChI=1S/C21H17ClN4O3S/c1-29-19-12-5-4-11-18(19)25-20-21(24-17-10-3-2-9-16(17)23-20)26-30(27,28)15-8-6-7-14(22)13-15/h2-13H,1H3,(H,23,25)(H,24,26). The molecule has 0 radical (unpaired) electrons. The molecule has 0 fully saturated rings. The predicted octanol–water partition coefficient (Wildman–Crippen LogP) is 4.84. The van der Waals surface area contributed by atoms with Crippen LogP contribution in [0.4, 0.5) is 17.3 Å². The van der Waals surface area contributed by atoms with Gasteiger partial charge in [0.15, 0.2) is 11.6 Å². The maximum atomic E-state index is 12.9. The van der Waals surface area contributed by atoms with Gasteiger partial charge in [0.05, 0.1) is 28.7 Å². The van der Waals surface area contributed by atoms with Gasteiger partial charge >= 0.3 is 0 Å². The van der Waals surface area contributed by atoms with E-state index in [1.807, 2.05) is 18.2 Å². The quantitative estimate of drug-likeness (QED) is 0.445. The van der Waals surface area contributed by atoms with Crippen molar-refractivity contribution in [2.45, 2.75) is 4.90 Å². The number of hydrogen-bond donors (Lipinski definition) is 2. The van der Waals surface area contributed by atoms with Gasteiger partial charge < -0.3 is 10.1 Å². The van der Waals surface area contributed by atoms with E-state index in [1.165, 1.54) is 12.1 Å². The summed E-state index contributed by atoms with van der Waals surface area (Å²) in [6.07, 6.45) is 0. The second-order valence-electron chi connectivity index (χ2n) is 6.30. The summed E-state index contributed by atoms with van der Waals surface area (Å²) in [4.78, 5) is 9.05. The first-order valence-electron chi connectivity index (χ1n) is 8.91. The van der Waals surface area contributed by atoms with Gasteiger partial charge in [-0.05, 0) is 42.5 Å². The Hall–Kier alpha value is -3.36. The third-order valence-corrected chi connectivity index (χ3v) is 5.84. The fourth-order valence-corrected chi connectivity index (χ4v) is 4.16. The molecule has 4 aromatic rings. The Morgan fingerprint density at radius 1 is 0.867 bits per heavy atom. The molecule has 3 aromatic carbocycles. The lowest BCUT2D eigenvalue weighted by Crippen LogP contribution is -2.16. The first kappa shape index (κ1) is 19.9. The number of para-hydroxylation sites is 4. The molecule has 0 unspecified atom stereocenters. The van der Waals surface area contributed by atoms with Crippen LogP contribution < -0.4 is 14.8 Å². The lowest BCUT2D eigenvalue weighted by atomic mass is 10.3. The lowest BCUT2D eigenvalue weighted by molar-refractivity contribution is 0.417. The number of fused-ring (bicyclic) bond motifs is 1. The number of methoxy groups -OCH3 is 1. The summed E-state index contributed by atoms with van der Waals surface area (Å²) >= 11 is 5.96. The topological polar surface area (TPSA) is 93.2 Å². The molecule has 0 atom stereocenters. The van der Waals surface area contributed by atoms with Crippen LogP contribution in [0.25, 0.3) is 11.0 Å². The van der Waals surface area contributed by atoms with Gasteiger partial charge in [-0.1, -0.05) is 41.9 Å². The first-order chi connectivity index (χ1) is 14.5. The minimum absolute atomic E-state index is 0.0215. The van der Waals surface area contributed by atoms with Crippen molar-refractivity contribution in [1.82, 2.24) is 9.97 Å². The second kappa shape index (κ2) is 8.17. The number of aromatic nitrogens is 2. The van der Waals surface area contributed by atoms with Crippen LogP contribution in [0.15, 0.2) is 77.7 Å². The van der Waals surface area contributed by atoms with Crippen LogP contribution in [0.5, 0.6) is 5.75 Å². The molecule has 0 spiro atoms. The van der Waals surface area contributed by atoms with Crippen molar-refractivity contribution in [3.8, 4) is 5.75 Å². The van der Waals surface area contributed by atoms with E-state index in [1.54, 1.807) is 49.6 Å². The summed E-state index contributed by atoms with van der Waals surface area (Å²) in [5, 5.41) is 3.43. The zero-order valence-corrected chi connectivity index (χ0v) is 17.4. The molecule has 0 bridgehead atoms. The number of nitrogens with zero attached hydrogens (tertiary/aromatic N) is 2. The molecule has 0 amide bonds. The predicted molar refractivity (Wildman–Crippen MR) is 118 cm³/mol. The van der Waals surface area contributed by atoms with Gasteiger partial charge in [-0.25, -0.2) is 18.4 Å². The number of anilines is 3. The molecule has 4 rings (SSSR count). The second-order valence-corrected chi connectivity index (χ2v) is 8.42. The number of sulfonamides is 1. The van der Waals surface area contributed by atoms with Crippen LogP contribution in [0, 0.1) is 0 Å². The van der Waals surface area contributed by atoms with Crippen LogP contribution in [-0.2, 0) is 10.0 Å². The third-order valence-electron chi connectivity index (χ3n) is 4.27. The molecule has 0 aliphatic carbocycles. The van der Waals surface area contributed by atoms with Gasteiger partial charge in [-0.3, -0.25) is 4.72 Å². The van der Waals surface area contributed by atoms with Crippen LogP contribution in [-0.4, -0.2) is 25.5 Å². The molecular weight excluding hydrogens is 424 g/mol. The summed E-state index contributed by atoms with van der Waals surface area (Å²) in [5.41, 5.74) is 1.78. The average Bonchev–Trinajstić information content (AvgIpc) is 2.74. The monoisotopic (exact) mass is 440 g/mol. The molecular formula is C21H17ClN4O3S. The summed E-state index contributed by atoms with van der Waals surface area (Å²) < 4.78 is 33.7. The Morgan fingerprint density at radius 2 is 1.53 bits per heavy atom. The molecule has 7 nitrogen and oxygen atoms in total. The normalized spacial score (nSPS) is 11.3. The highest BCUT2D eigenvalue weighted by Crippen LogP contribution is 2.31. The van der Waals surface area contributed by atoms with Crippen molar-refractivity contribution in [2.75, 3.05) is 17.1 Å². The SMILES string of the molecule is COc1ccccc1Nc1nc2ccccc2nc1NS(=O)(=O)c1cccc(Cl)c1. The zero-order chi connectivity index (χ0) is 21.1. The summed E-state index contributed by atoms with van der Waals surface area (Å²) in [6.45, 7) is 0. The maximum Gasteiger partial charge on any atom is 0.263 e. The summed E-state index contributed by atoms with van der Waals surface area (Å²) in [6, 6.07) is 20.4. The van der Waals surface area contributed by atoms with Crippen LogP contribution >= 0.6 is 11.6 Å². The van der Waals surface area contributed by atoms with Crippen molar-refractivity contribution < 1.29 is 13.2 Å². The largest absolute Gasteiger partial charge is 0.495 e.